The second kappa shape index (κ2) is 10.3. The van der Waals surface area contributed by atoms with Crippen LogP contribution in [0.15, 0.2) is 0 Å². The molecule has 0 aromatic heterocycles. The standard InChI is InChI=1S/C12H24ClNO/c1-3-5-6-7-8-9-12(15)14-10-11(13)4-2/h11H,3-10H2,1-2H3,(H,14,15). The molecule has 0 spiro atoms. The molecule has 0 heterocycles. The van der Waals surface area contributed by atoms with Gasteiger partial charge >= 0.3 is 0 Å². The third-order valence-electron chi connectivity index (χ3n) is 2.47. The van der Waals surface area contributed by atoms with Gasteiger partial charge in [-0.2, -0.15) is 0 Å². The number of halogens is 1. The van der Waals surface area contributed by atoms with Crippen LogP contribution in [-0.2, 0) is 4.79 Å². The number of unbranched alkanes of at least 4 members (excludes halogenated alkanes) is 4. The Balaban J connectivity index is 3.26. The molecule has 3 heteroatoms. The fourth-order valence-electron chi connectivity index (χ4n) is 1.35. The van der Waals surface area contributed by atoms with Gasteiger partial charge in [0.2, 0.25) is 5.91 Å². The van der Waals surface area contributed by atoms with Crippen molar-refractivity contribution in [1.82, 2.24) is 5.32 Å². The summed E-state index contributed by atoms with van der Waals surface area (Å²) in [6, 6.07) is 0. The molecular formula is C12H24ClNO. The van der Waals surface area contributed by atoms with Gasteiger partial charge in [0.25, 0.3) is 0 Å². The number of carbonyl (C=O) groups is 1. The molecule has 1 atom stereocenters. The first-order chi connectivity index (χ1) is 7.20. The first kappa shape index (κ1) is 14.8. The van der Waals surface area contributed by atoms with E-state index in [4.69, 9.17) is 11.6 Å². The van der Waals surface area contributed by atoms with Crippen molar-refractivity contribution in [3.05, 3.63) is 0 Å². The third kappa shape index (κ3) is 10.1. The number of alkyl halides is 1. The van der Waals surface area contributed by atoms with Gasteiger partial charge in [0.05, 0.1) is 5.38 Å². The Morgan fingerprint density at radius 3 is 2.47 bits per heavy atom. The monoisotopic (exact) mass is 233 g/mol. The first-order valence-corrected chi connectivity index (χ1v) is 6.55. The summed E-state index contributed by atoms with van der Waals surface area (Å²) in [5.74, 6) is 0.144. The molecular weight excluding hydrogens is 210 g/mol. The van der Waals surface area contributed by atoms with Gasteiger partial charge in [-0.15, -0.1) is 11.6 Å². The lowest BCUT2D eigenvalue weighted by Crippen LogP contribution is -2.29. The van der Waals surface area contributed by atoms with E-state index in [0.717, 1.165) is 12.8 Å². The average Bonchev–Trinajstić information content (AvgIpc) is 2.25. The van der Waals surface area contributed by atoms with Crippen LogP contribution in [-0.4, -0.2) is 17.8 Å². The van der Waals surface area contributed by atoms with Gasteiger partial charge in [0, 0.05) is 13.0 Å². The number of hydrogen-bond donors (Lipinski definition) is 1. The Labute approximate surface area is 98.8 Å². The molecule has 0 fully saturated rings. The van der Waals surface area contributed by atoms with E-state index in [1.54, 1.807) is 0 Å². The van der Waals surface area contributed by atoms with Crippen molar-refractivity contribution in [3.8, 4) is 0 Å². The van der Waals surface area contributed by atoms with Crippen LogP contribution in [0.1, 0.15) is 58.8 Å². The minimum Gasteiger partial charge on any atom is -0.355 e. The summed E-state index contributed by atoms with van der Waals surface area (Å²) in [6.45, 7) is 4.82. The highest BCUT2D eigenvalue weighted by atomic mass is 35.5. The van der Waals surface area contributed by atoms with Crippen LogP contribution in [0.2, 0.25) is 0 Å². The van der Waals surface area contributed by atoms with Gasteiger partial charge in [0.1, 0.15) is 0 Å². The van der Waals surface area contributed by atoms with Gasteiger partial charge < -0.3 is 5.32 Å². The highest BCUT2D eigenvalue weighted by Gasteiger charge is 2.04. The molecule has 0 aromatic carbocycles. The van der Waals surface area contributed by atoms with Gasteiger partial charge in [-0.3, -0.25) is 4.79 Å². The normalized spacial score (nSPS) is 12.5. The molecule has 0 bridgehead atoms. The smallest absolute Gasteiger partial charge is 0.220 e. The highest BCUT2D eigenvalue weighted by Crippen LogP contribution is 2.05. The summed E-state index contributed by atoms with van der Waals surface area (Å²) < 4.78 is 0. The van der Waals surface area contributed by atoms with Crippen LogP contribution in [0.3, 0.4) is 0 Å². The number of hydrogen-bond acceptors (Lipinski definition) is 1. The quantitative estimate of drug-likeness (QED) is 0.480. The van der Waals surface area contributed by atoms with E-state index in [-0.39, 0.29) is 11.3 Å². The fourth-order valence-corrected chi connectivity index (χ4v) is 1.42. The van der Waals surface area contributed by atoms with E-state index < -0.39 is 0 Å². The maximum absolute atomic E-state index is 11.3. The zero-order valence-corrected chi connectivity index (χ0v) is 10.8. The predicted molar refractivity (Wildman–Crippen MR) is 66.3 cm³/mol. The Morgan fingerprint density at radius 2 is 1.87 bits per heavy atom. The molecule has 2 nitrogen and oxygen atoms in total. The fraction of sp³-hybridized carbons (Fsp3) is 0.917. The van der Waals surface area contributed by atoms with Gasteiger partial charge in [0.15, 0.2) is 0 Å². The largest absolute Gasteiger partial charge is 0.355 e. The zero-order chi connectivity index (χ0) is 11.5. The lowest BCUT2D eigenvalue weighted by molar-refractivity contribution is -0.121. The van der Waals surface area contributed by atoms with Crippen LogP contribution in [0.25, 0.3) is 0 Å². The second-order valence-corrected chi connectivity index (χ2v) is 4.59. The van der Waals surface area contributed by atoms with E-state index >= 15 is 0 Å². The summed E-state index contributed by atoms with van der Waals surface area (Å²) in [5.41, 5.74) is 0. The third-order valence-corrected chi connectivity index (χ3v) is 2.93. The molecule has 0 aromatic rings. The van der Waals surface area contributed by atoms with Crippen molar-refractivity contribution >= 4 is 17.5 Å². The van der Waals surface area contributed by atoms with E-state index in [0.29, 0.717) is 13.0 Å². The molecule has 15 heavy (non-hydrogen) atoms. The summed E-state index contributed by atoms with van der Waals surface area (Å²) in [7, 11) is 0. The van der Waals surface area contributed by atoms with Gasteiger partial charge in [-0.05, 0) is 12.8 Å². The van der Waals surface area contributed by atoms with Crippen LogP contribution in [0.4, 0.5) is 0 Å². The maximum Gasteiger partial charge on any atom is 0.220 e. The van der Waals surface area contributed by atoms with Crippen LogP contribution >= 0.6 is 11.6 Å². The van der Waals surface area contributed by atoms with E-state index in [9.17, 15) is 4.79 Å². The van der Waals surface area contributed by atoms with Crippen molar-refractivity contribution in [3.63, 3.8) is 0 Å². The summed E-state index contributed by atoms with van der Waals surface area (Å²) >= 11 is 5.90. The van der Waals surface area contributed by atoms with Gasteiger partial charge in [-0.1, -0.05) is 39.5 Å². The average molecular weight is 234 g/mol. The topological polar surface area (TPSA) is 29.1 Å². The lowest BCUT2D eigenvalue weighted by Gasteiger charge is -2.08. The Hall–Kier alpha value is -0.240. The molecule has 0 aliphatic heterocycles. The minimum atomic E-state index is 0.0778. The molecule has 0 radical (unpaired) electrons. The summed E-state index contributed by atoms with van der Waals surface area (Å²) in [6.07, 6.45) is 7.49. The highest BCUT2D eigenvalue weighted by molar-refractivity contribution is 6.20. The first-order valence-electron chi connectivity index (χ1n) is 6.11. The predicted octanol–water partition coefficient (Wildman–Crippen LogP) is 3.48. The number of rotatable bonds is 9. The van der Waals surface area contributed by atoms with Crippen molar-refractivity contribution < 1.29 is 4.79 Å². The van der Waals surface area contributed by atoms with Gasteiger partial charge in [-0.25, -0.2) is 0 Å². The second-order valence-electron chi connectivity index (χ2n) is 3.97. The van der Waals surface area contributed by atoms with Crippen molar-refractivity contribution in [2.45, 2.75) is 64.2 Å². The molecule has 1 unspecified atom stereocenters. The van der Waals surface area contributed by atoms with Crippen molar-refractivity contribution in [1.29, 1.82) is 0 Å². The molecule has 1 amide bonds. The van der Waals surface area contributed by atoms with Crippen LogP contribution in [0.5, 0.6) is 0 Å². The maximum atomic E-state index is 11.3. The van der Waals surface area contributed by atoms with Crippen molar-refractivity contribution in [2.75, 3.05) is 6.54 Å². The molecule has 1 N–H and O–H groups in total. The summed E-state index contributed by atoms with van der Waals surface area (Å²) in [4.78, 5) is 11.3. The zero-order valence-electron chi connectivity index (χ0n) is 10.0. The lowest BCUT2D eigenvalue weighted by atomic mass is 10.1. The van der Waals surface area contributed by atoms with Crippen molar-refractivity contribution in [2.24, 2.45) is 0 Å². The Morgan fingerprint density at radius 1 is 1.20 bits per heavy atom. The van der Waals surface area contributed by atoms with Crippen LogP contribution < -0.4 is 5.32 Å². The van der Waals surface area contributed by atoms with E-state index in [1.807, 2.05) is 6.92 Å². The summed E-state index contributed by atoms with van der Waals surface area (Å²) in [5, 5.41) is 2.93. The SMILES string of the molecule is CCCCCCCC(=O)NCC(Cl)CC. The molecule has 0 aliphatic rings. The number of nitrogens with one attached hydrogen (secondary N) is 1. The minimum absolute atomic E-state index is 0.0778. The van der Waals surface area contributed by atoms with E-state index in [1.165, 1.54) is 25.7 Å². The molecule has 0 saturated carbocycles. The Bertz CT molecular complexity index is 162. The van der Waals surface area contributed by atoms with Crippen LogP contribution in [0, 0.1) is 0 Å². The Kier molecular flexibility index (Phi) is 10.1. The van der Waals surface area contributed by atoms with E-state index in [2.05, 4.69) is 12.2 Å². The molecule has 90 valence electrons. The molecule has 0 aliphatic carbocycles. The molecule has 0 saturated heterocycles. The number of amides is 1. The molecule has 0 rings (SSSR count). The number of carbonyl (C=O) groups excluding carboxylic acids is 1.